The molecule has 1 unspecified atom stereocenters. The minimum atomic E-state index is -2.76. The van der Waals surface area contributed by atoms with Gasteiger partial charge in [-0.3, -0.25) is 0 Å². The number of benzene rings is 1. The van der Waals surface area contributed by atoms with Crippen LogP contribution >= 0.6 is 0 Å². The Morgan fingerprint density at radius 2 is 2.11 bits per heavy atom. The second kappa shape index (κ2) is 6.00. The van der Waals surface area contributed by atoms with Crippen LogP contribution in [0.3, 0.4) is 0 Å². The van der Waals surface area contributed by atoms with Crippen LogP contribution in [0.5, 0.6) is 5.75 Å². The summed E-state index contributed by atoms with van der Waals surface area (Å²) in [6.07, 6.45) is 1.11. The van der Waals surface area contributed by atoms with Gasteiger partial charge in [-0.05, 0) is 37.2 Å². The molecule has 1 aromatic carbocycles. The maximum Gasteiger partial charge on any atom is 0.387 e. The molecule has 18 heavy (non-hydrogen) atoms. The van der Waals surface area contributed by atoms with Crippen LogP contribution in [0.25, 0.3) is 0 Å². The second-order valence-electron chi connectivity index (χ2n) is 4.36. The lowest BCUT2D eigenvalue weighted by Gasteiger charge is -2.19. The molecule has 0 bridgehead atoms. The van der Waals surface area contributed by atoms with Gasteiger partial charge in [0.15, 0.2) is 0 Å². The number of ether oxygens (including phenoxy) is 1. The third kappa shape index (κ3) is 3.32. The van der Waals surface area contributed by atoms with Gasteiger partial charge in [-0.1, -0.05) is 6.92 Å². The minimum Gasteiger partial charge on any atom is -0.435 e. The van der Waals surface area contributed by atoms with Crippen LogP contribution in [-0.2, 0) is 0 Å². The van der Waals surface area contributed by atoms with Crippen LogP contribution < -0.4 is 15.0 Å². The number of nitrogens with zero attached hydrogens (tertiary/aromatic N) is 1. The number of nitrogens with one attached hydrogen (secondary N) is 1. The van der Waals surface area contributed by atoms with Crippen LogP contribution in [-0.4, -0.2) is 32.3 Å². The maximum atomic E-state index is 12.0. The smallest absolute Gasteiger partial charge is 0.387 e. The third-order valence-electron chi connectivity index (χ3n) is 3.11. The zero-order valence-electron chi connectivity index (χ0n) is 10.4. The highest BCUT2D eigenvalue weighted by molar-refractivity contribution is 5.50. The zero-order valence-corrected chi connectivity index (χ0v) is 10.4. The van der Waals surface area contributed by atoms with E-state index in [4.69, 9.17) is 0 Å². The van der Waals surface area contributed by atoms with Crippen molar-refractivity contribution in [3.63, 3.8) is 0 Å². The molecule has 0 amide bonds. The van der Waals surface area contributed by atoms with Crippen molar-refractivity contribution in [2.45, 2.75) is 26.0 Å². The van der Waals surface area contributed by atoms with Crippen molar-refractivity contribution >= 4 is 5.69 Å². The molecule has 1 aliphatic rings. The molecular weight excluding hydrogens is 238 g/mol. The first-order valence-corrected chi connectivity index (χ1v) is 6.22. The van der Waals surface area contributed by atoms with Gasteiger partial charge in [0.05, 0.1) is 0 Å². The summed E-state index contributed by atoms with van der Waals surface area (Å²) in [7, 11) is 0. The van der Waals surface area contributed by atoms with Crippen molar-refractivity contribution in [3.05, 3.63) is 24.3 Å². The largest absolute Gasteiger partial charge is 0.435 e. The van der Waals surface area contributed by atoms with Crippen molar-refractivity contribution < 1.29 is 13.5 Å². The number of hydrogen-bond donors (Lipinski definition) is 1. The predicted molar refractivity (Wildman–Crippen MR) is 67.4 cm³/mol. The highest BCUT2D eigenvalue weighted by Crippen LogP contribution is 2.24. The Labute approximate surface area is 106 Å². The SMILES string of the molecule is CCNC1CCN(c2ccc(OC(F)F)cc2)C1. The van der Waals surface area contributed by atoms with E-state index < -0.39 is 6.61 Å². The van der Waals surface area contributed by atoms with Gasteiger partial charge in [0, 0.05) is 24.8 Å². The fourth-order valence-electron chi connectivity index (χ4n) is 2.29. The quantitative estimate of drug-likeness (QED) is 0.876. The molecule has 1 aliphatic heterocycles. The number of anilines is 1. The normalized spacial score (nSPS) is 19.6. The molecule has 0 radical (unpaired) electrons. The standard InChI is InChI=1S/C13H18F2N2O/c1-2-16-10-7-8-17(9-10)11-3-5-12(6-4-11)18-13(14)15/h3-6,10,13,16H,2,7-9H2,1H3. The van der Waals surface area contributed by atoms with Crippen LogP contribution in [0.4, 0.5) is 14.5 Å². The molecular formula is C13H18F2N2O. The molecule has 3 nitrogen and oxygen atoms in total. The first-order chi connectivity index (χ1) is 8.69. The molecule has 1 N–H and O–H groups in total. The zero-order chi connectivity index (χ0) is 13.0. The second-order valence-corrected chi connectivity index (χ2v) is 4.36. The molecule has 1 saturated heterocycles. The van der Waals surface area contributed by atoms with Gasteiger partial charge in [0.25, 0.3) is 0 Å². The summed E-state index contributed by atoms with van der Waals surface area (Å²) >= 11 is 0. The molecule has 100 valence electrons. The monoisotopic (exact) mass is 256 g/mol. The lowest BCUT2D eigenvalue weighted by atomic mass is 10.2. The third-order valence-corrected chi connectivity index (χ3v) is 3.11. The number of rotatable bonds is 5. The summed E-state index contributed by atoms with van der Waals surface area (Å²) in [6, 6.07) is 7.34. The van der Waals surface area contributed by atoms with Crippen molar-refractivity contribution in [2.75, 3.05) is 24.5 Å². The average molecular weight is 256 g/mol. The van der Waals surface area contributed by atoms with E-state index in [1.54, 1.807) is 12.1 Å². The molecule has 0 aliphatic carbocycles. The summed E-state index contributed by atoms with van der Waals surface area (Å²) in [5.74, 6) is 0.205. The van der Waals surface area contributed by atoms with Crippen LogP contribution in [0.1, 0.15) is 13.3 Å². The number of halogens is 2. The summed E-state index contributed by atoms with van der Waals surface area (Å²) in [5.41, 5.74) is 1.05. The number of alkyl halides is 2. The van der Waals surface area contributed by atoms with Crippen LogP contribution in [0.2, 0.25) is 0 Å². The fraction of sp³-hybridized carbons (Fsp3) is 0.538. The molecule has 2 rings (SSSR count). The van der Waals surface area contributed by atoms with Gasteiger partial charge in [0.1, 0.15) is 5.75 Å². The Kier molecular flexibility index (Phi) is 4.36. The van der Waals surface area contributed by atoms with E-state index in [-0.39, 0.29) is 5.75 Å². The summed E-state index contributed by atoms with van der Waals surface area (Å²) in [6.45, 7) is 2.26. The maximum absolute atomic E-state index is 12.0. The Morgan fingerprint density at radius 3 is 2.72 bits per heavy atom. The summed E-state index contributed by atoms with van der Waals surface area (Å²) < 4.78 is 28.4. The Morgan fingerprint density at radius 1 is 1.39 bits per heavy atom. The molecule has 5 heteroatoms. The van der Waals surface area contributed by atoms with Crippen LogP contribution in [0, 0.1) is 0 Å². The van der Waals surface area contributed by atoms with Gasteiger partial charge in [-0.2, -0.15) is 8.78 Å². The topological polar surface area (TPSA) is 24.5 Å². The van der Waals surface area contributed by atoms with E-state index in [0.29, 0.717) is 6.04 Å². The van der Waals surface area contributed by atoms with E-state index in [9.17, 15) is 8.78 Å². The van der Waals surface area contributed by atoms with Gasteiger partial charge in [-0.25, -0.2) is 0 Å². The van der Waals surface area contributed by atoms with E-state index >= 15 is 0 Å². The number of likely N-dealkylation sites (N-methyl/N-ethyl adjacent to an activating group) is 1. The van der Waals surface area contributed by atoms with Crippen molar-refractivity contribution in [1.82, 2.24) is 5.32 Å². The average Bonchev–Trinajstić information content (AvgIpc) is 2.78. The summed E-state index contributed by atoms with van der Waals surface area (Å²) in [5, 5.41) is 3.42. The van der Waals surface area contributed by atoms with Crippen LogP contribution in [0.15, 0.2) is 24.3 Å². The van der Waals surface area contributed by atoms with E-state index in [2.05, 4.69) is 21.9 Å². The van der Waals surface area contributed by atoms with E-state index in [1.807, 2.05) is 12.1 Å². The van der Waals surface area contributed by atoms with Gasteiger partial charge in [0.2, 0.25) is 0 Å². The predicted octanol–water partition coefficient (Wildman–Crippen LogP) is 2.48. The first kappa shape index (κ1) is 13.1. The van der Waals surface area contributed by atoms with Gasteiger partial charge in [-0.15, -0.1) is 0 Å². The van der Waals surface area contributed by atoms with Crippen molar-refractivity contribution in [1.29, 1.82) is 0 Å². The lowest BCUT2D eigenvalue weighted by molar-refractivity contribution is -0.0498. The van der Waals surface area contributed by atoms with Crippen molar-refractivity contribution in [2.24, 2.45) is 0 Å². The molecule has 1 fully saturated rings. The highest BCUT2D eigenvalue weighted by atomic mass is 19.3. The minimum absolute atomic E-state index is 0.205. The van der Waals surface area contributed by atoms with Gasteiger partial charge >= 0.3 is 6.61 Å². The van der Waals surface area contributed by atoms with E-state index in [0.717, 1.165) is 31.7 Å². The van der Waals surface area contributed by atoms with Gasteiger partial charge < -0.3 is 15.0 Å². The Hall–Kier alpha value is -1.36. The number of hydrogen-bond acceptors (Lipinski definition) is 3. The van der Waals surface area contributed by atoms with Crippen molar-refractivity contribution in [3.8, 4) is 5.75 Å². The molecule has 1 aromatic rings. The lowest BCUT2D eigenvalue weighted by Crippen LogP contribution is -2.32. The highest BCUT2D eigenvalue weighted by Gasteiger charge is 2.21. The molecule has 0 aromatic heterocycles. The molecule has 0 saturated carbocycles. The Bertz CT molecular complexity index is 370. The van der Waals surface area contributed by atoms with E-state index in [1.165, 1.54) is 0 Å². The summed E-state index contributed by atoms with van der Waals surface area (Å²) in [4.78, 5) is 2.25. The Balaban J connectivity index is 1.94. The molecule has 0 spiro atoms. The first-order valence-electron chi connectivity index (χ1n) is 6.22. The molecule has 1 heterocycles. The fourth-order valence-corrected chi connectivity index (χ4v) is 2.29. The molecule has 1 atom stereocenters.